The Bertz CT molecular complexity index is 1710. The molecule has 0 bridgehead atoms. The number of primary amides is 1. The molecule has 2 amide bonds. The standard InChI is InChI=1S/C30H27Cl2N5O4/c1-30(2)15-41-6-5-36(30)29(40)26-22-4-3-16-8-25(38)23(17-7-18(28(33)39)14-34-13-17)12-24(16)27(22)37(35-26)21-10-19(31)9-20(32)11-21/h7-14,38H,3-6,15H2,1-2H3,(H2,33,39). The van der Waals surface area contributed by atoms with E-state index in [0.717, 1.165) is 16.7 Å². The van der Waals surface area contributed by atoms with Crippen LogP contribution < -0.4 is 5.73 Å². The van der Waals surface area contributed by atoms with Crippen molar-refractivity contribution in [2.75, 3.05) is 19.8 Å². The molecule has 11 heteroatoms. The van der Waals surface area contributed by atoms with Crippen LogP contribution in [0, 0.1) is 0 Å². The summed E-state index contributed by atoms with van der Waals surface area (Å²) in [6.07, 6.45) is 4.06. The highest BCUT2D eigenvalue weighted by Gasteiger charge is 2.38. The second kappa shape index (κ2) is 10.2. The van der Waals surface area contributed by atoms with Gasteiger partial charge in [0.15, 0.2) is 5.69 Å². The summed E-state index contributed by atoms with van der Waals surface area (Å²) < 4.78 is 7.34. The number of aromatic nitrogens is 3. The number of carbonyl (C=O) groups excluding carboxylic acids is 2. The van der Waals surface area contributed by atoms with E-state index in [1.165, 1.54) is 6.20 Å². The molecular formula is C30H27Cl2N5O4. The third-order valence-corrected chi connectivity index (χ3v) is 8.06. The third-order valence-electron chi connectivity index (χ3n) is 7.62. The summed E-state index contributed by atoms with van der Waals surface area (Å²) in [5, 5.41) is 16.7. The first-order valence-corrected chi connectivity index (χ1v) is 13.9. The summed E-state index contributed by atoms with van der Waals surface area (Å²) in [4.78, 5) is 31.8. The van der Waals surface area contributed by atoms with Crippen molar-refractivity contribution in [2.24, 2.45) is 5.73 Å². The van der Waals surface area contributed by atoms with E-state index in [4.69, 9.17) is 38.8 Å². The van der Waals surface area contributed by atoms with Crippen LogP contribution in [0.1, 0.15) is 45.8 Å². The lowest BCUT2D eigenvalue weighted by Gasteiger charge is -2.41. The molecule has 3 N–H and O–H groups in total. The van der Waals surface area contributed by atoms with Crippen LogP contribution in [0.25, 0.3) is 28.1 Å². The molecule has 210 valence electrons. The Balaban J connectivity index is 1.58. The number of phenols is 1. The minimum atomic E-state index is -0.621. The van der Waals surface area contributed by atoms with E-state index in [-0.39, 0.29) is 17.2 Å². The molecule has 9 nitrogen and oxygen atoms in total. The van der Waals surface area contributed by atoms with Gasteiger partial charge < -0.3 is 20.5 Å². The van der Waals surface area contributed by atoms with Crippen LogP contribution in [0.3, 0.4) is 0 Å². The number of aromatic hydroxyl groups is 1. The topological polar surface area (TPSA) is 124 Å². The third kappa shape index (κ3) is 4.84. The molecule has 0 unspecified atom stereocenters. The van der Waals surface area contributed by atoms with E-state index >= 15 is 0 Å². The van der Waals surface area contributed by atoms with Crippen LogP contribution in [-0.4, -0.2) is 61.9 Å². The van der Waals surface area contributed by atoms with Crippen molar-refractivity contribution < 1.29 is 19.4 Å². The highest BCUT2D eigenvalue weighted by atomic mass is 35.5. The van der Waals surface area contributed by atoms with Gasteiger partial charge in [0.05, 0.1) is 35.7 Å². The fourth-order valence-corrected chi connectivity index (χ4v) is 6.13. The van der Waals surface area contributed by atoms with Crippen LogP contribution in [0.5, 0.6) is 5.75 Å². The van der Waals surface area contributed by atoms with E-state index in [1.54, 1.807) is 41.2 Å². The first kappa shape index (κ1) is 27.3. The predicted octanol–water partition coefficient (Wildman–Crippen LogP) is 5.06. The summed E-state index contributed by atoms with van der Waals surface area (Å²) in [5.41, 5.74) is 10.3. The van der Waals surface area contributed by atoms with Gasteiger partial charge in [0, 0.05) is 51.2 Å². The number of carbonyl (C=O) groups is 2. The molecule has 3 heterocycles. The van der Waals surface area contributed by atoms with Crippen LogP contribution in [0.2, 0.25) is 10.0 Å². The number of halogens is 2. The van der Waals surface area contributed by atoms with Gasteiger partial charge in [-0.25, -0.2) is 4.68 Å². The van der Waals surface area contributed by atoms with E-state index in [2.05, 4.69) is 4.98 Å². The summed E-state index contributed by atoms with van der Waals surface area (Å²) in [5.74, 6) is -0.759. The van der Waals surface area contributed by atoms with Gasteiger partial charge in [0.25, 0.3) is 5.91 Å². The molecule has 1 aliphatic heterocycles. The molecule has 0 radical (unpaired) electrons. The number of pyridine rings is 1. The minimum absolute atomic E-state index is 0.0406. The van der Waals surface area contributed by atoms with Crippen LogP contribution in [0.4, 0.5) is 0 Å². The normalized spacial score (nSPS) is 15.8. The molecule has 2 aliphatic rings. The van der Waals surface area contributed by atoms with Crippen molar-refractivity contribution in [1.82, 2.24) is 19.7 Å². The molecule has 1 aliphatic carbocycles. The molecule has 0 spiro atoms. The van der Waals surface area contributed by atoms with E-state index in [0.29, 0.717) is 70.8 Å². The van der Waals surface area contributed by atoms with Crippen LogP contribution in [-0.2, 0) is 17.6 Å². The Morgan fingerprint density at radius 2 is 1.78 bits per heavy atom. The number of nitrogens with zero attached hydrogens (tertiary/aromatic N) is 4. The Hall–Kier alpha value is -3.92. The summed E-state index contributed by atoms with van der Waals surface area (Å²) in [6, 6.07) is 10.2. The zero-order chi connectivity index (χ0) is 29.1. The number of ether oxygens (including phenoxy) is 1. The molecule has 6 rings (SSSR count). The molecular weight excluding hydrogens is 565 g/mol. The van der Waals surface area contributed by atoms with Crippen molar-refractivity contribution in [1.29, 1.82) is 0 Å². The van der Waals surface area contributed by atoms with Gasteiger partial charge in [0.2, 0.25) is 5.91 Å². The number of rotatable bonds is 4. The lowest BCUT2D eigenvalue weighted by molar-refractivity contribution is -0.0373. The Labute approximate surface area is 246 Å². The summed E-state index contributed by atoms with van der Waals surface area (Å²) >= 11 is 12.8. The molecule has 41 heavy (non-hydrogen) atoms. The smallest absolute Gasteiger partial charge is 0.275 e. The maximum Gasteiger partial charge on any atom is 0.275 e. The predicted molar refractivity (Wildman–Crippen MR) is 156 cm³/mol. The Morgan fingerprint density at radius 1 is 1.02 bits per heavy atom. The van der Waals surface area contributed by atoms with Crippen molar-refractivity contribution in [2.45, 2.75) is 32.2 Å². The lowest BCUT2D eigenvalue weighted by atomic mass is 9.86. The first-order valence-electron chi connectivity index (χ1n) is 13.1. The fraction of sp³-hybridized carbons (Fsp3) is 0.267. The van der Waals surface area contributed by atoms with Crippen LogP contribution in [0.15, 0.2) is 48.8 Å². The molecule has 4 aromatic rings. The average molecular weight is 592 g/mol. The number of hydrogen-bond donors (Lipinski definition) is 2. The maximum atomic E-state index is 14.1. The molecule has 0 atom stereocenters. The second-order valence-electron chi connectivity index (χ2n) is 10.9. The van der Waals surface area contributed by atoms with Gasteiger partial charge in [-0.15, -0.1) is 0 Å². The zero-order valence-electron chi connectivity index (χ0n) is 22.4. The van der Waals surface area contributed by atoms with Gasteiger partial charge in [-0.1, -0.05) is 23.2 Å². The van der Waals surface area contributed by atoms with Crippen LogP contribution >= 0.6 is 23.2 Å². The van der Waals surface area contributed by atoms with Crippen molar-refractivity contribution in [3.8, 4) is 33.8 Å². The van der Waals surface area contributed by atoms with Gasteiger partial charge in [-0.2, -0.15) is 5.10 Å². The van der Waals surface area contributed by atoms with Gasteiger partial charge >= 0.3 is 0 Å². The number of aryl methyl sites for hydroxylation is 1. The quantitative estimate of drug-likeness (QED) is 0.342. The van der Waals surface area contributed by atoms with Crippen molar-refractivity contribution >= 4 is 35.0 Å². The lowest BCUT2D eigenvalue weighted by Crippen LogP contribution is -2.55. The van der Waals surface area contributed by atoms with Gasteiger partial charge in [-0.3, -0.25) is 14.6 Å². The van der Waals surface area contributed by atoms with Crippen molar-refractivity contribution in [3.63, 3.8) is 0 Å². The molecule has 2 aromatic heterocycles. The van der Waals surface area contributed by atoms with E-state index in [9.17, 15) is 14.7 Å². The Morgan fingerprint density at radius 3 is 2.49 bits per heavy atom. The summed E-state index contributed by atoms with van der Waals surface area (Å²) in [7, 11) is 0. The van der Waals surface area contributed by atoms with Crippen molar-refractivity contribution in [3.05, 3.63) is 81.2 Å². The number of hydrogen-bond acceptors (Lipinski definition) is 6. The fourth-order valence-electron chi connectivity index (χ4n) is 5.62. The number of fused-ring (bicyclic) bond motifs is 3. The monoisotopic (exact) mass is 591 g/mol. The van der Waals surface area contributed by atoms with E-state index in [1.807, 2.05) is 24.8 Å². The average Bonchev–Trinajstić information content (AvgIpc) is 3.32. The largest absolute Gasteiger partial charge is 0.507 e. The highest BCUT2D eigenvalue weighted by Crippen LogP contribution is 2.43. The number of morpholine rings is 1. The molecule has 1 saturated heterocycles. The number of phenolic OH excluding ortho intramolecular Hbond substituents is 1. The number of benzene rings is 2. The van der Waals surface area contributed by atoms with Gasteiger partial charge in [-0.05, 0) is 68.7 Å². The van der Waals surface area contributed by atoms with Gasteiger partial charge in [0.1, 0.15) is 5.75 Å². The van der Waals surface area contributed by atoms with E-state index < -0.39 is 11.4 Å². The number of amides is 2. The minimum Gasteiger partial charge on any atom is -0.507 e. The number of nitrogens with two attached hydrogens (primary N) is 1. The Kier molecular flexibility index (Phi) is 6.76. The molecule has 1 fully saturated rings. The highest BCUT2D eigenvalue weighted by molar-refractivity contribution is 6.34. The SMILES string of the molecule is CC1(C)COCCN1C(=O)c1nn(-c2cc(Cl)cc(Cl)c2)c2c1CCc1cc(O)c(-c3cncc(C(N)=O)c3)cc1-2. The zero-order valence-corrected chi connectivity index (χ0v) is 24.0. The maximum absolute atomic E-state index is 14.1. The molecule has 2 aromatic carbocycles. The second-order valence-corrected chi connectivity index (χ2v) is 11.8. The summed E-state index contributed by atoms with van der Waals surface area (Å²) in [6.45, 7) is 5.28. The first-order chi connectivity index (χ1) is 19.5. The molecule has 0 saturated carbocycles.